The number of carbonyl (C=O) groups excluding carboxylic acids is 1. The first kappa shape index (κ1) is 18.3. The van der Waals surface area contributed by atoms with Crippen molar-refractivity contribution >= 4 is 11.5 Å². The maximum atomic E-state index is 13.3. The Kier molecular flexibility index (Phi) is 4.99. The van der Waals surface area contributed by atoms with Crippen molar-refractivity contribution in [1.82, 2.24) is 0 Å². The number of rotatable bonds is 5. The molecule has 0 saturated carbocycles. The zero-order valence-electron chi connectivity index (χ0n) is 15.5. The molecule has 140 valence electrons. The van der Waals surface area contributed by atoms with Crippen molar-refractivity contribution in [2.24, 2.45) is 0 Å². The van der Waals surface area contributed by atoms with Crippen LogP contribution in [0.3, 0.4) is 0 Å². The van der Waals surface area contributed by atoms with Crippen LogP contribution < -0.4 is 0 Å². The summed E-state index contributed by atoms with van der Waals surface area (Å²) in [6.45, 7) is 0. The Bertz CT molecular complexity index is 1170. The molecule has 0 aliphatic rings. The van der Waals surface area contributed by atoms with E-state index in [1.54, 1.807) is 42.5 Å². The van der Waals surface area contributed by atoms with E-state index >= 15 is 0 Å². The number of carbonyl (C=O) groups is 1. The van der Waals surface area contributed by atoms with E-state index in [-0.39, 0.29) is 11.5 Å². The normalized spacial score (nSPS) is 10.5. The molecule has 4 aromatic rings. The molecule has 0 amide bonds. The van der Waals surface area contributed by atoms with E-state index in [9.17, 15) is 14.9 Å². The quantitative estimate of drug-likeness (QED) is 0.237. The second kappa shape index (κ2) is 7.90. The van der Waals surface area contributed by atoms with Crippen LogP contribution in [0.15, 0.2) is 103 Å². The Labute approximate surface area is 168 Å². The average Bonchev–Trinajstić information content (AvgIpc) is 2.79. The molecule has 4 nitrogen and oxygen atoms in total. The van der Waals surface area contributed by atoms with Crippen LogP contribution in [0.1, 0.15) is 15.9 Å². The number of nitro benzene ring substituents is 1. The Morgan fingerprint density at radius 1 is 0.655 bits per heavy atom. The molecule has 0 fully saturated rings. The highest BCUT2D eigenvalue weighted by Crippen LogP contribution is 2.37. The van der Waals surface area contributed by atoms with Crippen LogP contribution in [0.25, 0.3) is 22.3 Å². The molecule has 4 aromatic carbocycles. The molecule has 0 N–H and O–H groups in total. The summed E-state index contributed by atoms with van der Waals surface area (Å²) in [5.41, 5.74) is 3.37. The number of ketones is 1. The van der Waals surface area contributed by atoms with Gasteiger partial charge in [0.25, 0.3) is 5.69 Å². The Hall–Kier alpha value is -4.05. The first-order valence-electron chi connectivity index (χ1n) is 9.18. The lowest BCUT2D eigenvalue weighted by Gasteiger charge is -2.13. The second-order valence-electron chi connectivity index (χ2n) is 6.60. The number of benzene rings is 4. The molecule has 0 unspecified atom stereocenters. The number of hydrogen-bond acceptors (Lipinski definition) is 3. The molecule has 0 aromatic heterocycles. The molecule has 4 rings (SSSR count). The highest BCUT2D eigenvalue weighted by molar-refractivity contribution is 6.14. The largest absolute Gasteiger partial charge is 0.289 e. The minimum Gasteiger partial charge on any atom is -0.289 e. The van der Waals surface area contributed by atoms with Gasteiger partial charge in [0.05, 0.1) is 10.5 Å². The van der Waals surface area contributed by atoms with Gasteiger partial charge in [0, 0.05) is 17.2 Å². The van der Waals surface area contributed by atoms with E-state index in [4.69, 9.17) is 0 Å². The van der Waals surface area contributed by atoms with Gasteiger partial charge in [-0.15, -0.1) is 0 Å². The van der Waals surface area contributed by atoms with Gasteiger partial charge < -0.3 is 0 Å². The van der Waals surface area contributed by atoms with Gasteiger partial charge in [-0.3, -0.25) is 14.9 Å². The van der Waals surface area contributed by atoms with Gasteiger partial charge in [-0.2, -0.15) is 0 Å². The fourth-order valence-electron chi connectivity index (χ4n) is 3.38. The molecule has 0 spiro atoms. The summed E-state index contributed by atoms with van der Waals surface area (Å²) in [6, 6.07) is 30.5. The molecule has 0 heterocycles. The van der Waals surface area contributed by atoms with Crippen molar-refractivity contribution < 1.29 is 9.72 Å². The molecular formula is C25H17NO3. The highest BCUT2D eigenvalue weighted by atomic mass is 16.6. The summed E-state index contributed by atoms with van der Waals surface area (Å²) in [4.78, 5) is 24.8. The van der Waals surface area contributed by atoms with Crippen molar-refractivity contribution in [2.45, 2.75) is 0 Å². The topological polar surface area (TPSA) is 60.2 Å². The van der Waals surface area contributed by atoms with Crippen LogP contribution in [-0.4, -0.2) is 10.7 Å². The van der Waals surface area contributed by atoms with Gasteiger partial charge in [0.2, 0.25) is 0 Å². The molecule has 0 saturated heterocycles. The summed E-state index contributed by atoms with van der Waals surface area (Å²) < 4.78 is 0. The van der Waals surface area contributed by atoms with Crippen molar-refractivity contribution in [3.8, 4) is 22.3 Å². The summed E-state index contributed by atoms with van der Waals surface area (Å²) in [5, 5.41) is 11.9. The molecule has 4 heteroatoms. The van der Waals surface area contributed by atoms with E-state index in [1.165, 1.54) is 6.07 Å². The molecule has 0 aliphatic carbocycles. The smallest absolute Gasteiger partial charge is 0.277 e. The molecule has 29 heavy (non-hydrogen) atoms. The van der Waals surface area contributed by atoms with E-state index in [2.05, 4.69) is 0 Å². The van der Waals surface area contributed by atoms with Crippen LogP contribution in [-0.2, 0) is 0 Å². The lowest BCUT2D eigenvalue weighted by molar-refractivity contribution is -0.384. The average molecular weight is 379 g/mol. The predicted octanol–water partition coefficient (Wildman–Crippen LogP) is 6.16. The Morgan fingerprint density at radius 3 is 1.66 bits per heavy atom. The summed E-state index contributed by atoms with van der Waals surface area (Å²) >= 11 is 0. The van der Waals surface area contributed by atoms with Gasteiger partial charge in [0.1, 0.15) is 0 Å². The maximum absolute atomic E-state index is 13.3. The lowest BCUT2D eigenvalue weighted by atomic mass is 9.89. The maximum Gasteiger partial charge on any atom is 0.277 e. The van der Waals surface area contributed by atoms with Gasteiger partial charge in [-0.1, -0.05) is 91.0 Å². The van der Waals surface area contributed by atoms with Crippen molar-refractivity contribution in [3.05, 3.63) is 124 Å². The SMILES string of the molecule is O=C(c1ccccc1)c1cc(-c2ccccc2)c([N+](=O)[O-])cc1-c1ccccc1. The van der Waals surface area contributed by atoms with E-state index in [0.29, 0.717) is 27.8 Å². The summed E-state index contributed by atoms with van der Waals surface area (Å²) in [6.07, 6.45) is 0. The predicted molar refractivity (Wildman–Crippen MR) is 114 cm³/mol. The molecular weight excluding hydrogens is 362 g/mol. The minimum atomic E-state index is -0.397. The van der Waals surface area contributed by atoms with Gasteiger partial charge in [-0.05, 0) is 22.8 Å². The van der Waals surface area contributed by atoms with Crippen LogP contribution in [0.5, 0.6) is 0 Å². The zero-order chi connectivity index (χ0) is 20.2. The van der Waals surface area contributed by atoms with Crippen LogP contribution in [0.2, 0.25) is 0 Å². The fraction of sp³-hybridized carbons (Fsp3) is 0. The molecule has 0 bridgehead atoms. The summed E-state index contributed by atoms with van der Waals surface area (Å²) in [5.74, 6) is -0.170. The molecule has 0 radical (unpaired) electrons. The standard InChI is InChI=1S/C25H17NO3/c27-25(20-14-8-3-9-15-20)23-16-22(19-12-6-2-7-13-19)24(26(28)29)17-21(23)18-10-4-1-5-11-18/h1-17H. The monoisotopic (exact) mass is 379 g/mol. The van der Waals surface area contributed by atoms with E-state index in [0.717, 1.165) is 5.56 Å². The van der Waals surface area contributed by atoms with Gasteiger partial charge >= 0.3 is 0 Å². The van der Waals surface area contributed by atoms with Gasteiger partial charge in [0.15, 0.2) is 5.78 Å². The second-order valence-corrected chi connectivity index (χ2v) is 6.60. The third-order valence-electron chi connectivity index (χ3n) is 4.78. The van der Waals surface area contributed by atoms with Crippen LogP contribution in [0.4, 0.5) is 5.69 Å². The lowest BCUT2D eigenvalue weighted by Crippen LogP contribution is -2.05. The Morgan fingerprint density at radius 2 is 1.14 bits per heavy atom. The first-order valence-corrected chi connectivity index (χ1v) is 9.18. The van der Waals surface area contributed by atoms with Crippen LogP contribution >= 0.6 is 0 Å². The van der Waals surface area contributed by atoms with Crippen molar-refractivity contribution in [2.75, 3.05) is 0 Å². The Balaban J connectivity index is 2.01. The highest BCUT2D eigenvalue weighted by Gasteiger charge is 2.23. The fourth-order valence-corrected chi connectivity index (χ4v) is 3.38. The first-order chi connectivity index (χ1) is 14.1. The van der Waals surface area contributed by atoms with Crippen molar-refractivity contribution in [3.63, 3.8) is 0 Å². The van der Waals surface area contributed by atoms with E-state index < -0.39 is 4.92 Å². The minimum absolute atomic E-state index is 0.0281. The number of hydrogen-bond donors (Lipinski definition) is 0. The number of nitro groups is 1. The molecule has 0 aliphatic heterocycles. The van der Waals surface area contributed by atoms with Crippen LogP contribution in [0, 0.1) is 10.1 Å². The molecule has 0 atom stereocenters. The summed E-state index contributed by atoms with van der Waals surface area (Å²) in [7, 11) is 0. The van der Waals surface area contributed by atoms with Gasteiger partial charge in [-0.25, -0.2) is 0 Å². The van der Waals surface area contributed by atoms with Crippen molar-refractivity contribution in [1.29, 1.82) is 0 Å². The van der Waals surface area contributed by atoms with E-state index in [1.807, 2.05) is 54.6 Å². The number of nitrogens with zero attached hydrogens (tertiary/aromatic N) is 1. The third-order valence-corrected chi connectivity index (χ3v) is 4.78. The zero-order valence-corrected chi connectivity index (χ0v) is 15.5. The third kappa shape index (κ3) is 3.69.